The molecule has 0 saturated heterocycles. The van der Waals surface area contributed by atoms with E-state index >= 15 is 0 Å². The van der Waals surface area contributed by atoms with Gasteiger partial charge >= 0.3 is 0 Å². The summed E-state index contributed by atoms with van der Waals surface area (Å²) in [7, 11) is -1.87. The van der Waals surface area contributed by atoms with Gasteiger partial charge in [-0.05, 0) is 31.7 Å². The van der Waals surface area contributed by atoms with Crippen molar-refractivity contribution in [3.05, 3.63) is 29.8 Å². The van der Waals surface area contributed by atoms with Crippen molar-refractivity contribution in [1.82, 2.24) is 4.72 Å². The molecular formula is C9H15N3O2S. The lowest BCUT2D eigenvalue weighted by molar-refractivity contribution is 0.578. The summed E-state index contributed by atoms with van der Waals surface area (Å²) in [5, 5.41) is -0.575. The Labute approximate surface area is 89.7 Å². The van der Waals surface area contributed by atoms with Gasteiger partial charge in [0.2, 0.25) is 10.0 Å². The van der Waals surface area contributed by atoms with Crippen LogP contribution in [0.3, 0.4) is 0 Å². The lowest BCUT2D eigenvalue weighted by atomic mass is 10.1. The Balaban J connectivity index is 2.97. The SMILES string of the molecule is CNS(=O)(=O)C(C)c1ccc(NN)cc1. The molecule has 5 nitrogen and oxygen atoms in total. The summed E-state index contributed by atoms with van der Waals surface area (Å²) in [6, 6.07) is 6.93. The lowest BCUT2D eigenvalue weighted by Crippen LogP contribution is -2.24. The zero-order valence-electron chi connectivity index (χ0n) is 8.69. The molecule has 0 aliphatic heterocycles. The molecule has 6 heteroatoms. The zero-order chi connectivity index (χ0) is 11.5. The van der Waals surface area contributed by atoms with Gasteiger partial charge in [-0.1, -0.05) is 12.1 Å². The van der Waals surface area contributed by atoms with Gasteiger partial charge in [-0.2, -0.15) is 0 Å². The van der Waals surface area contributed by atoms with Crippen molar-refractivity contribution in [2.24, 2.45) is 5.84 Å². The molecule has 1 atom stereocenters. The third-order valence-corrected chi connectivity index (χ3v) is 4.07. The molecule has 0 amide bonds. The molecule has 0 fully saturated rings. The first kappa shape index (κ1) is 12.0. The van der Waals surface area contributed by atoms with Crippen LogP contribution in [0.15, 0.2) is 24.3 Å². The highest BCUT2D eigenvalue weighted by molar-refractivity contribution is 7.89. The van der Waals surface area contributed by atoms with Crippen LogP contribution in [0.4, 0.5) is 5.69 Å². The largest absolute Gasteiger partial charge is 0.324 e. The maximum atomic E-state index is 11.5. The number of anilines is 1. The van der Waals surface area contributed by atoms with E-state index in [4.69, 9.17) is 5.84 Å². The Hall–Kier alpha value is -1.11. The number of benzene rings is 1. The number of hydrazine groups is 1. The Morgan fingerprint density at radius 1 is 1.27 bits per heavy atom. The summed E-state index contributed by atoms with van der Waals surface area (Å²) < 4.78 is 25.3. The third kappa shape index (κ3) is 2.68. The molecule has 1 aromatic carbocycles. The van der Waals surface area contributed by atoms with Gasteiger partial charge in [-0.25, -0.2) is 13.1 Å². The first-order valence-electron chi connectivity index (χ1n) is 4.50. The minimum Gasteiger partial charge on any atom is -0.324 e. The smallest absolute Gasteiger partial charge is 0.218 e. The van der Waals surface area contributed by atoms with E-state index in [-0.39, 0.29) is 0 Å². The molecule has 15 heavy (non-hydrogen) atoms. The minimum absolute atomic E-state index is 0.575. The van der Waals surface area contributed by atoms with Gasteiger partial charge in [0.25, 0.3) is 0 Å². The van der Waals surface area contributed by atoms with Crippen LogP contribution in [-0.2, 0) is 10.0 Å². The van der Waals surface area contributed by atoms with Gasteiger partial charge in [0.05, 0.1) is 5.25 Å². The van der Waals surface area contributed by atoms with Crippen molar-refractivity contribution in [3.8, 4) is 0 Å². The second-order valence-corrected chi connectivity index (χ2v) is 5.36. The van der Waals surface area contributed by atoms with Crippen molar-refractivity contribution in [2.45, 2.75) is 12.2 Å². The molecule has 1 rings (SSSR count). The third-order valence-electron chi connectivity index (χ3n) is 2.30. The summed E-state index contributed by atoms with van der Waals surface area (Å²) in [4.78, 5) is 0. The monoisotopic (exact) mass is 229 g/mol. The van der Waals surface area contributed by atoms with Crippen LogP contribution in [0, 0.1) is 0 Å². The maximum Gasteiger partial charge on any atom is 0.218 e. The average molecular weight is 229 g/mol. The highest BCUT2D eigenvalue weighted by Gasteiger charge is 2.19. The minimum atomic E-state index is -3.27. The first-order valence-corrected chi connectivity index (χ1v) is 6.05. The van der Waals surface area contributed by atoms with Crippen LogP contribution in [0.25, 0.3) is 0 Å². The van der Waals surface area contributed by atoms with Crippen molar-refractivity contribution >= 4 is 15.7 Å². The van der Waals surface area contributed by atoms with E-state index in [0.29, 0.717) is 0 Å². The fourth-order valence-corrected chi connectivity index (χ4v) is 2.08. The van der Waals surface area contributed by atoms with E-state index in [2.05, 4.69) is 10.1 Å². The van der Waals surface area contributed by atoms with E-state index < -0.39 is 15.3 Å². The normalized spacial score (nSPS) is 13.5. The summed E-state index contributed by atoms with van der Waals surface area (Å²) in [5.41, 5.74) is 3.95. The fourth-order valence-electron chi connectivity index (χ4n) is 1.21. The van der Waals surface area contributed by atoms with E-state index in [9.17, 15) is 8.42 Å². The van der Waals surface area contributed by atoms with Gasteiger partial charge in [0.1, 0.15) is 0 Å². The molecular weight excluding hydrogens is 214 g/mol. The average Bonchev–Trinajstić information content (AvgIpc) is 2.28. The van der Waals surface area contributed by atoms with Crippen molar-refractivity contribution in [2.75, 3.05) is 12.5 Å². The van der Waals surface area contributed by atoms with E-state index in [1.807, 2.05) is 0 Å². The Kier molecular flexibility index (Phi) is 3.67. The highest BCUT2D eigenvalue weighted by Crippen LogP contribution is 2.21. The van der Waals surface area contributed by atoms with Crippen LogP contribution < -0.4 is 16.0 Å². The Bertz CT molecular complexity index is 413. The summed E-state index contributed by atoms with van der Waals surface area (Å²) >= 11 is 0. The second kappa shape index (κ2) is 4.61. The molecule has 4 N–H and O–H groups in total. The molecule has 0 heterocycles. The van der Waals surface area contributed by atoms with Gasteiger partial charge in [-0.3, -0.25) is 5.84 Å². The van der Waals surface area contributed by atoms with Crippen LogP contribution in [-0.4, -0.2) is 15.5 Å². The van der Waals surface area contributed by atoms with Crippen LogP contribution >= 0.6 is 0 Å². The summed E-state index contributed by atoms with van der Waals surface area (Å²) in [6.45, 7) is 1.64. The van der Waals surface area contributed by atoms with Crippen LogP contribution in [0.2, 0.25) is 0 Å². The standard InChI is InChI=1S/C9H15N3O2S/c1-7(15(13,14)11-2)8-3-5-9(12-10)6-4-8/h3-7,11-12H,10H2,1-2H3. The van der Waals surface area contributed by atoms with Crippen molar-refractivity contribution in [3.63, 3.8) is 0 Å². The number of hydrogen-bond donors (Lipinski definition) is 3. The van der Waals surface area contributed by atoms with E-state index in [1.165, 1.54) is 7.05 Å². The fraction of sp³-hybridized carbons (Fsp3) is 0.333. The van der Waals surface area contributed by atoms with Crippen molar-refractivity contribution < 1.29 is 8.42 Å². The highest BCUT2D eigenvalue weighted by atomic mass is 32.2. The molecule has 0 bridgehead atoms. The predicted octanol–water partition coefficient (Wildman–Crippen LogP) is 0.582. The number of nitrogens with one attached hydrogen (secondary N) is 2. The van der Waals surface area contributed by atoms with Crippen molar-refractivity contribution in [1.29, 1.82) is 0 Å². The zero-order valence-corrected chi connectivity index (χ0v) is 9.51. The molecule has 0 aliphatic carbocycles. The molecule has 0 aliphatic rings. The molecule has 1 unspecified atom stereocenters. The molecule has 0 aromatic heterocycles. The summed E-state index contributed by atoms with van der Waals surface area (Å²) in [6.07, 6.45) is 0. The molecule has 0 radical (unpaired) electrons. The first-order chi connectivity index (χ1) is 7.01. The molecule has 1 aromatic rings. The van der Waals surface area contributed by atoms with Gasteiger partial charge in [0.15, 0.2) is 0 Å². The van der Waals surface area contributed by atoms with Crippen LogP contribution in [0.1, 0.15) is 17.7 Å². The maximum absolute atomic E-state index is 11.5. The van der Waals surface area contributed by atoms with Gasteiger partial charge in [-0.15, -0.1) is 0 Å². The molecule has 0 spiro atoms. The second-order valence-electron chi connectivity index (χ2n) is 3.16. The van der Waals surface area contributed by atoms with E-state index in [1.54, 1.807) is 31.2 Å². The lowest BCUT2D eigenvalue weighted by Gasteiger charge is -2.12. The number of hydrogen-bond acceptors (Lipinski definition) is 4. The number of rotatable bonds is 4. The Morgan fingerprint density at radius 3 is 2.20 bits per heavy atom. The number of sulfonamides is 1. The van der Waals surface area contributed by atoms with Gasteiger partial charge < -0.3 is 5.43 Å². The van der Waals surface area contributed by atoms with E-state index in [0.717, 1.165) is 11.3 Å². The Morgan fingerprint density at radius 2 is 1.80 bits per heavy atom. The van der Waals surface area contributed by atoms with Crippen LogP contribution in [0.5, 0.6) is 0 Å². The topological polar surface area (TPSA) is 84.2 Å². The number of nitrogens with two attached hydrogens (primary N) is 1. The summed E-state index contributed by atoms with van der Waals surface area (Å²) in [5.74, 6) is 5.21. The van der Waals surface area contributed by atoms with Gasteiger partial charge in [0, 0.05) is 5.69 Å². The predicted molar refractivity (Wildman–Crippen MR) is 60.6 cm³/mol. The quantitative estimate of drug-likeness (QED) is 0.521. The number of nitrogen functional groups attached to an aromatic ring is 1. The molecule has 0 saturated carbocycles. The molecule has 84 valence electrons.